The Labute approximate surface area is 87.9 Å². The summed E-state index contributed by atoms with van der Waals surface area (Å²) in [6.07, 6.45) is 2.45. The van der Waals surface area contributed by atoms with E-state index >= 15 is 0 Å². The van der Waals surface area contributed by atoms with Crippen molar-refractivity contribution in [2.24, 2.45) is 0 Å². The second-order valence-corrected chi connectivity index (χ2v) is 3.92. The average molecular weight is 265 g/mol. The number of nitrogens with zero attached hydrogens (tertiary/aromatic N) is 1. The minimum Gasteiger partial charge on any atom is -0.285 e. The van der Waals surface area contributed by atoms with Gasteiger partial charge in [-0.05, 0) is 6.42 Å². The highest BCUT2D eigenvalue weighted by Crippen LogP contribution is 2.18. The Morgan fingerprint density at radius 2 is 2.29 bits per heavy atom. The van der Waals surface area contributed by atoms with Gasteiger partial charge in [0, 0.05) is 0 Å². The van der Waals surface area contributed by atoms with E-state index in [0.29, 0.717) is 6.42 Å². The Bertz CT molecular complexity index is 426. The molecule has 1 atom stereocenters. The molecule has 0 fully saturated rings. The van der Waals surface area contributed by atoms with Crippen molar-refractivity contribution in [3.8, 4) is 0 Å². The molecule has 1 aromatic rings. The van der Waals surface area contributed by atoms with Gasteiger partial charge in [-0.3, -0.25) is 14.3 Å². The predicted octanol–water partition coefficient (Wildman–Crippen LogP) is 1.37. The third kappa shape index (κ3) is 2.31. The minimum absolute atomic E-state index is 0.286. The largest absolute Gasteiger partial charge is 0.329 e. The third-order valence-corrected chi connectivity index (χ3v) is 2.65. The lowest BCUT2D eigenvalue weighted by Crippen LogP contribution is -2.32. The van der Waals surface area contributed by atoms with Crippen molar-refractivity contribution < 1.29 is 4.39 Å². The van der Waals surface area contributed by atoms with Crippen LogP contribution in [0.4, 0.5) is 4.39 Å². The topological polar surface area (TPSA) is 54.9 Å². The summed E-state index contributed by atoms with van der Waals surface area (Å²) in [5.74, 6) is -0.954. The van der Waals surface area contributed by atoms with Gasteiger partial charge in [0.1, 0.15) is 0 Å². The summed E-state index contributed by atoms with van der Waals surface area (Å²) in [4.78, 5) is 23.5. The molecule has 1 heterocycles. The zero-order valence-electron chi connectivity index (χ0n) is 7.59. The van der Waals surface area contributed by atoms with Crippen molar-refractivity contribution in [1.29, 1.82) is 0 Å². The second-order valence-electron chi connectivity index (χ2n) is 2.87. The molecule has 1 N–H and O–H groups in total. The van der Waals surface area contributed by atoms with Crippen LogP contribution in [-0.2, 0) is 0 Å². The second kappa shape index (κ2) is 4.54. The first-order valence-electron chi connectivity index (χ1n) is 4.21. The molecule has 4 nitrogen and oxygen atoms in total. The van der Waals surface area contributed by atoms with E-state index in [9.17, 15) is 14.0 Å². The normalized spacial score (nSPS) is 12.8. The lowest BCUT2D eigenvalue weighted by Gasteiger charge is -2.10. The minimum atomic E-state index is -0.984. The molecule has 1 rings (SSSR count). The highest BCUT2D eigenvalue weighted by atomic mass is 79.9. The molecule has 1 unspecified atom stereocenters. The van der Waals surface area contributed by atoms with Crippen LogP contribution in [0.15, 0.2) is 15.8 Å². The van der Waals surface area contributed by atoms with E-state index in [1.54, 1.807) is 0 Å². The van der Waals surface area contributed by atoms with E-state index in [2.05, 4.69) is 15.9 Å². The van der Waals surface area contributed by atoms with Gasteiger partial charge >= 0.3 is 5.69 Å². The molecular formula is C8H10BrFN2O2. The molecule has 0 aliphatic carbocycles. The Balaban J connectivity index is 3.16. The number of halogens is 2. The summed E-state index contributed by atoms with van der Waals surface area (Å²) in [5.41, 5.74) is -1.59. The van der Waals surface area contributed by atoms with Crippen LogP contribution in [-0.4, -0.2) is 9.55 Å². The van der Waals surface area contributed by atoms with Crippen molar-refractivity contribution in [1.82, 2.24) is 9.55 Å². The van der Waals surface area contributed by atoms with Gasteiger partial charge in [-0.1, -0.05) is 29.3 Å². The van der Waals surface area contributed by atoms with Crippen molar-refractivity contribution in [3.63, 3.8) is 0 Å². The van der Waals surface area contributed by atoms with Crippen LogP contribution < -0.4 is 11.2 Å². The summed E-state index contributed by atoms with van der Waals surface area (Å²) < 4.78 is 14.0. The molecular weight excluding hydrogens is 255 g/mol. The fraction of sp³-hybridized carbons (Fsp3) is 0.500. The molecule has 0 aliphatic rings. The summed E-state index contributed by atoms with van der Waals surface area (Å²) in [6.45, 7) is 1.95. The summed E-state index contributed by atoms with van der Waals surface area (Å²) in [6, 6.07) is 0. The Hall–Kier alpha value is -0.910. The number of aromatic amines is 1. The fourth-order valence-corrected chi connectivity index (χ4v) is 1.81. The molecule has 0 saturated carbocycles. The number of aromatic nitrogens is 2. The van der Waals surface area contributed by atoms with Crippen molar-refractivity contribution in [2.75, 3.05) is 0 Å². The molecule has 0 amide bonds. The van der Waals surface area contributed by atoms with Crippen LogP contribution in [0.25, 0.3) is 0 Å². The van der Waals surface area contributed by atoms with Crippen molar-refractivity contribution in [3.05, 3.63) is 32.9 Å². The predicted molar refractivity (Wildman–Crippen MR) is 54.2 cm³/mol. The summed E-state index contributed by atoms with van der Waals surface area (Å²) >= 11 is 3.23. The highest BCUT2D eigenvalue weighted by molar-refractivity contribution is 9.09. The number of hydrogen-bond donors (Lipinski definition) is 1. The van der Waals surface area contributed by atoms with Gasteiger partial charge in [-0.2, -0.15) is 4.39 Å². The van der Waals surface area contributed by atoms with Crippen LogP contribution in [0.5, 0.6) is 0 Å². The molecule has 0 aromatic carbocycles. The SMILES string of the molecule is CCCC(Br)n1cc(F)c(=O)[nH]c1=O. The molecule has 0 radical (unpaired) electrons. The van der Waals surface area contributed by atoms with E-state index in [0.717, 1.165) is 17.2 Å². The average Bonchev–Trinajstić information content (AvgIpc) is 2.11. The lowest BCUT2D eigenvalue weighted by atomic mass is 10.3. The maximum absolute atomic E-state index is 12.8. The van der Waals surface area contributed by atoms with E-state index in [4.69, 9.17) is 0 Å². The van der Waals surface area contributed by atoms with E-state index in [-0.39, 0.29) is 4.95 Å². The van der Waals surface area contributed by atoms with Gasteiger partial charge in [0.15, 0.2) is 0 Å². The van der Waals surface area contributed by atoms with Crippen LogP contribution in [0, 0.1) is 5.82 Å². The molecule has 14 heavy (non-hydrogen) atoms. The van der Waals surface area contributed by atoms with Gasteiger partial charge < -0.3 is 0 Å². The lowest BCUT2D eigenvalue weighted by molar-refractivity contribution is 0.532. The number of H-pyrrole nitrogens is 1. The molecule has 0 aliphatic heterocycles. The standard InChI is InChI=1S/C8H10BrFN2O2/c1-2-3-6(9)12-4-5(10)7(13)11-8(12)14/h4,6H,2-3H2,1H3,(H,11,13,14). The Morgan fingerprint density at radius 1 is 1.64 bits per heavy atom. The monoisotopic (exact) mass is 264 g/mol. The maximum Gasteiger partial charge on any atom is 0.329 e. The number of rotatable bonds is 3. The van der Waals surface area contributed by atoms with Gasteiger partial charge in [0.25, 0.3) is 5.56 Å². The maximum atomic E-state index is 12.8. The molecule has 78 valence electrons. The first-order chi connectivity index (χ1) is 6.56. The van der Waals surface area contributed by atoms with Crippen molar-refractivity contribution >= 4 is 15.9 Å². The van der Waals surface area contributed by atoms with Gasteiger partial charge in [0.2, 0.25) is 5.82 Å². The summed E-state index contributed by atoms with van der Waals surface area (Å²) in [5, 5.41) is 0. The van der Waals surface area contributed by atoms with Crippen molar-refractivity contribution in [2.45, 2.75) is 24.7 Å². The Kier molecular flexibility index (Phi) is 3.62. The fourth-order valence-electron chi connectivity index (χ4n) is 1.05. The Morgan fingerprint density at radius 3 is 2.86 bits per heavy atom. The molecule has 0 saturated heterocycles. The number of nitrogens with one attached hydrogen (secondary N) is 1. The third-order valence-electron chi connectivity index (χ3n) is 1.75. The number of alkyl halides is 1. The van der Waals surface area contributed by atoms with Crippen LogP contribution >= 0.6 is 15.9 Å². The first-order valence-corrected chi connectivity index (χ1v) is 5.13. The van der Waals surface area contributed by atoms with Crippen LogP contribution in [0.2, 0.25) is 0 Å². The molecule has 0 spiro atoms. The van der Waals surface area contributed by atoms with E-state index in [1.165, 1.54) is 0 Å². The number of hydrogen-bond acceptors (Lipinski definition) is 2. The molecule has 6 heteroatoms. The summed E-state index contributed by atoms with van der Waals surface area (Å²) in [7, 11) is 0. The van der Waals surface area contributed by atoms with Gasteiger partial charge in [0.05, 0.1) is 11.1 Å². The van der Waals surface area contributed by atoms with Gasteiger partial charge in [-0.25, -0.2) is 4.79 Å². The zero-order valence-corrected chi connectivity index (χ0v) is 9.17. The smallest absolute Gasteiger partial charge is 0.285 e. The van der Waals surface area contributed by atoms with Crippen LogP contribution in [0.1, 0.15) is 24.7 Å². The van der Waals surface area contributed by atoms with E-state index in [1.807, 2.05) is 11.9 Å². The first kappa shape index (κ1) is 11.2. The quantitative estimate of drug-likeness (QED) is 0.839. The molecule has 0 bridgehead atoms. The highest BCUT2D eigenvalue weighted by Gasteiger charge is 2.10. The molecule has 1 aromatic heterocycles. The zero-order chi connectivity index (χ0) is 10.7. The van der Waals surface area contributed by atoms with Crippen LogP contribution in [0.3, 0.4) is 0 Å². The van der Waals surface area contributed by atoms with E-state index < -0.39 is 17.1 Å². The van der Waals surface area contributed by atoms with Gasteiger partial charge in [-0.15, -0.1) is 0 Å².